The molecule has 0 bridgehead atoms. The first-order valence-corrected chi connectivity index (χ1v) is 9.15. The second-order valence-corrected chi connectivity index (χ2v) is 7.96. The molecule has 0 unspecified atom stereocenters. The molecule has 19 heavy (non-hydrogen) atoms. The minimum Gasteiger partial charge on any atom is -0.381 e. The molecule has 0 saturated carbocycles. The number of fused-ring (bicyclic) bond motifs is 1. The van der Waals surface area contributed by atoms with Gasteiger partial charge in [-0.25, -0.2) is 0 Å². The number of benzene rings is 1. The Hall–Kier alpha value is -0.190. The van der Waals surface area contributed by atoms with Crippen LogP contribution in [0.5, 0.6) is 0 Å². The Bertz CT molecular complexity index is 483. The van der Waals surface area contributed by atoms with Crippen molar-refractivity contribution < 1.29 is 8.95 Å². The summed E-state index contributed by atoms with van der Waals surface area (Å²) in [4.78, 5) is 0. The monoisotopic (exact) mass is 342 g/mol. The molecule has 2 atom stereocenters. The fraction of sp³-hybridized carbons (Fsp3) is 0.600. The second kappa shape index (κ2) is 6.06. The highest BCUT2D eigenvalue weighted by atomic mass is 79.9. The van der Waals surface area contributed by atoms with Gasteiger partial charge in [0.1, 0.15) is 0 Å². The van der Waals surface area contributed by atoms with Gasteiger partial charge in [0, 0.05) is 34.2 Å². The Morgan fingerprint density at radius 1 is 1.26 bits per heavy atom. The lowest BCUT2D eigenvalue weighted by atomic mass is 10.0. The standard InChI is InChI=1S/C15H19BrO2S/c16-14-3-1-2-13-12(14)4-5-15(13)19(17)10-11-6-8-18-9-7-11/h1-3,11,15H,4-10H2/t15-,19-/m1/s1. The zero-order valence-electron chi connectivity index (χ0n) is 10.9. The van der Waals surface area contributed by atoms with Gasteiger partial charge in [0.2, 0.25) is 0 Å². The van der Waals surface area contributed by atoms with E-state index in [1.54, 1.807) is 0 Å². The van der Waals surface area contributed by atoms with E-state index < -0.39 is 10.8 Å². The first-order valence-electron chi connectivity index (χ1n) is 6.98. The first kappa shape index (κ1) is 13.8. The van der Waals surface area contributed by atoms with Gasteiger partial charge in [-0.2, -0.15) is 0 Å². The number of hydrogen-bond donors (Lipinski definition) is 0. The van der Waals surface area contributed by atoms with E-state index in [-0.39, 0.29) is 5.25 Å². The summed E-state index contributed by atoms with van der Waals surface area (Å²) >= 11 is 3.61. The third-order valence-corrected chi connectivity index (χ3v) is 6.88. The fourth-order valence-corrected chi connectivity index (χ4v) is 5.60. The lowest BCUT2D eigenvalue weighted by Crippen LogP contribution is -2.22. The van der Waals surface area contributed by atoms with E-state index in [1.807, 2.05) is 0 Å². The van der Waals surface area contributed by atoms with Crippen LogP contribution in [0.2, 0.25) is 0 Å². The van der Waals surface area contributed by atoms with Crippen LogP contribution in [0.4, 0.5) is 0 Å². The molecular weight excluding hydrogens is 324 g/mol. The van der Waals surface area contributed by atoms with E-state index in [4.69, 9.17) is 4.74 Å². The van der Waals surface area contributed by atoms with Crippen molar-refractivity contribution in [3.63, 3.8) is 0 Å². The molecule has 1 fully saturated rings. The molecule has 1 aromatic carbocycles. The maximum absolute atomic E-state index is 12.6. The zero-order valence-corrected chi connectivity index (χ0v) is 13.3. The smallest absolute Gasteiger partial charge is 0.0603 e. The predicted octanol–water partition coefficient (Wildman–Crippen LogP) is 3.61. The second-order valence-electron chi connectivity index (χ2n) is 5.44. The topological polar surface area (TPSA) is 26.3 Å². The van der Waals surface area contributed by atoms with E-state index in [0.29, 0.717) is 5.92 Å². The minimum absolute atomic E-state index is 0.246. The Labute approximate surface area is 125 Å². The van der Waals surface area contributed by atoms with Crippen LogP contribution in [0.1, 0.15) is 35.6 Å². The summed E-state index contributed by atoms with van der Waals surface area (Å²) in [5.41, 5.74) is 2.67. The molecule has 0 radical (unpaired) electrons. The highest BCUT2D eigenvalue weighted by molar-refractivity contribution is 9.10. The third kappa shape index (κ3) is 2.96. The van der Waals surface area contributed by atoms with Crippen molar-refractivity contribution in [2.24, 2.45) is 5.92 Å². The van der Waals surface area contributed by atoms with Crippen LogP contribution in [0.25, 0.3) is 0 Å². The molecule has 0 spiro atoms. The lowest BCUT2D eigenvalue weighted by molar-refractivity contribution is 0.0725. The van der Waals surface area contributed by atoms with Gasteiger partial charge in [-0.1, -0.05) is 28.1 Å². The summed E-state index contributed by atoms with van der Waals surface area (Å²) in [6, 6.07) is 6.30. The maximum atomic E-state index is 12.6. The number of hydrogen-bond acceptors (Lipinski definition) is 2. The molecule has 4 heteroatoms. The highest BCUT2D eigenvalue weighted by Crippen LogP contribution is 2.39. The number of ether oxygens (including phenoxy) is 1. The van der Waals surface area contributed by atoms with Crippen molar-refractivity contribution in [3.8, 4) is 0 Å². The molecule has 2 aliphatic rings. The average Bonchev–Trinajstić information content (AvgIpc) is 2.85. The molecular formula is C15H19BrO2S. The lowest BCUT2D eigenvalue weighted by Gasteiger charge is -2.23. The Morgan fingerprint density at radius 3 is 2.84 bits per heavy atom. The van der Waals surface area contributed by atoms with Crippen LogP contribution in [0.15, 0.2) is 22.7 Å². The largest absolute Gasteiger partial charge is 0.381 e. The Balaban J connectivity index is 1.71. The van der Waals surface area contributed by atoms with E-state index in [2.05, 4.69) is 34.1 Å². The molecule has 0 amide bonds. The maximum Gasteiger partial charge on any atom is 0.0603 e. The summed E-state index contributed by atoms with van der Waals surface area (Å²) < 4.78 is 19.2. The van der Waals surface area contributed by atoms with Crippen LogP contribution in [-0.2, 0) is 22.0 Å². The van der Waals surface area contributed by atoms with Gasteiger partial charge in [0.25, 0.3) is 0 Å². The number of halogens is 1. The normalized spacial score (nSPS) is 25.2. The van der Waals surface area contributed by atoms with Gasteiger partial charge in [0.15, 0.2) is 0 Å². The molecule has 1 saturated heterocycles. The Kier molecular flexibility index (Phi) is 4.40. The van der Waals surface area contributed by atoms with E-state index in [9.17, 15) is 4.21 Å². The van der Waals surface area contributed by atoms with Gasteiger partial charge < -0.3 is 4.74 Å². The molecule has 0 aromatic heterocycles. The summed E-state index contributed by atoms with van der Waals surface area (Å²) in [6.07, 6.45) is 4.24. The first-order chi connectivity index (χ1) is 9.25. The number of rotatable bonds is 3. The van der Waals surface area contributed by atoms with Gasteiger partial charge in [0.05, 0.1) is 5.25 Å². The van der Waals surface area contributed by atoms with Crippen LogP contribution in [0, 0.1) is 5.92 Å². The van der Waals surface area contributed by atoms with Crippen molar-refractivity contribution in [3.05, 3.63) is 33.8 Å². The van der Waals surface area contributed by atoms with Crippen molar-refractivity contribution >= 4 is 26.7 Å². The van der Waals surface area contributed by atoms with Crippen molar-refractivity contribution in [2.45, 2.75) is 30.9 Å². The summed E-state index contributed by atoms with van der Waals surface area (Å²) in [7, 11) is -0.739. The van der Waals surface area contributed by atoms with Crippen LogP contribution < -0.4 is 0 Å². The summed E-state index contributed by atoms with van der Waals surface area (Å²) in [6.45, 7) is 1.68. The molecule has 1 aromatic rings. The van der Waals surface area contributed by atoms with Crippen LogP contribution in [0.3, 0.4) is 0 Å². The van der Waals surface area contributed by atoms with Crippen molar-refractivity contribution in [1.82, 2.24) is 0 Å². The fourth-order valence-electron chi connectivity index (χ4n) is 3.11. The molecule has 3 rings (SSSR count). The SMILES string of the molecule is O=[S@](CC1CCOCC1)[C@@H]1CCc2c(Br)cccc21. The third-order valence-electron chi connectivity index (χ3n) is 4.22. The molecule has 1 aliphatic carbocycles. The summed E-state index contributed by atoms with van der Waals surface area (Å²) in [5.74, 6) is 1.44. The van der Waals surface area contributed by atoms with E-state index in [1.165, 1.54) is 15.6 Å². The molecule has 0 N–H and O–H groups in total. The molecule has 2 nitrogen and oxygen atoms in total. The average molecular weight is 343 g/mol. The van der Waals surface area contributed by atoms with Gasteiger partial charge in [-0.05, 0) is 48.8 Å². The van der Waals surface area contributed by atoms with E-state index in [0.717, 1.165) is 44.6 Å². The van der Waals surface area contributed by atoms with Gasteiger partial charge >= 0.3 is 0 Å². The summed E-state index contributed by atoms with van der Waals surface area (Å²) in [5, 5.41) is 0.246. The predicted molar refractivity (Wildman–Crippen MR) is 81.8 cm³/mol. The zero-order chi connectivity index (χ0) is 13.2. The van der Waals surface area contributed by atoms with Crippen molar-refractivity contribution in [1.29, 1.82) is 0 Å². The minimum atomic E-state index is -0.739. The molecule has 1 heterocycles. The molecule has 1 aliphatic heterocycles. The molecule has 104 valence electrons. The van der Waals surface area contributed by atoms with Gasteiger partial charge in [-0.3, -0.25) is 4.21 Å². The van der Waals surface area contributed by atoms with E-state index >= 15 is 0 Å². The van der Waals surface area contributed by atoms with Crippen molar-refractivity contribution in [2.75, 3.05) is 19.0 Å². The quantitative estimate of drug-likeness (QED) is 0.838. The van der Waals surface area contributed by atoms with Crippen LogP contribution >= 0.6 is 15.9 Å². The van der Waals surface area contributed by atoms with Gasteiger partial charge in [-0.15, -0.1) is 0 Å². The van der Waals surface area contributed by atoms with Crippen LogP contribution in [-0.4, -0.2) is 23.2 Å². The Morgan fingerprint density at radius 2 is 2.05 bits per heavy atom. The highest BCUT2D eigenvalue weighted by Gasteiger charge is 2.30.